The third-order valence-corrected chi connectivity index (χ3v) is 6.50. The summed E-state index contributed by atoms with van der Waals surface area (Å²) in [5.41, 5.74) is 1.24. The van der Waals surface area contributed by atoms with E-state index in [1.54, 1.807) is 60.7 Å². The topological polar surface area (TPSA) is 149 Å². The minimum Gasteiger partial charge on any atom is -0.744 e. The molecule has 4 aromatic rings. The summed E-state index contributed by atoms with van der Waals surface area (Å²) in [7, 11) is -9.09. The fourth-order valence-corrected chi connectivity index (χ4v) is 4.13. The van der Waals surface area contributed by atoms with Gasteiger partial charge in [-0.1, -0.05) is 84.9 Å². The molecule has 0 spiro atoms. The van der Waals surface area contributed by atoms with Crippen LogP contribution in [0.25, 0.3) is 0 Å². The van der Waals surface area contributed by atoms with Gasteiger partial charge in [0, 0.05) is 22.3 Å². The Morgan fingerprint density at radius 2 is 0.757 bits per heavy atom. The van der Waals surface area contributed by atoms with Crippen LogP contribution >= 0.6 is 0 Å². The van der Waals surface area contributed by atoms with Gasteiger partial charge in [0.1, 0.15) is 20.2 Å². The van der Waals surface area contributed by atoms with Crippen LogP contribution in [0.15, 0.2) is 119 Å². The Balaban J connectivity index is 0.000000253. The maximum Gasteiger partial charge on any atom is 2.00 e. The second-order valence-corrected chi connectivity index (χ2v) is 10.1. The molecule has 0 saturated heterocycles. The molecule has 0 atom stereocenters. The van der Waals surface area contributed by atoms with Crippen molar-refractivity contribution in [2.45, 2.75) is 9.79 Å². The van der Waals surface area contributed by atoms with Crippen molar-refractivity contribution in [2.75, 3.05) is 0 Å². The molecule has 184 valence electrons. The van der Waals surface area contributed by atoms with Crippen molar-refractivity contribution in [2.24, 2.45) is 0 Å². The Morgan fingerprint density at radius 3 is 1.05 bits per heavy atom. The molecule has 11 heteroatoms. The second kappa shape index (κ2) is 13.4. The van der Waals surface area contributed by atoms with Crippen LogP contribution in [0.3, 0.4) is 0 Å². The number of hydrogen-bond donors (Lipinski definition) is 0. The Labute approximate surface area is 254 Å². The van der Waals surface area contributed by atoms with E-state index in [0.29, 0.717) is 11.1 Å². The maximum absolute atomic E-state index is 12.0. The summed E-state index contributed by atoms with van der Waals surface area (Å²) >= 11 is 0. The molecule has 0 saturated carbocycles. The predicted octanol–water partition coefficient (Wildman–Crippen LogP) is 3.26. The number of benzene rings is 4. The first-order chi connectivity index (χ1) is 17.0. The third kappa shape index (κ3) is 8.85. The molecule has 8 nitrogen and oxygen atoms in total. The van der Waals surface area contributed by atoms with Crippen LogP contribution in [0.4, 0.5) is 0 Å². The predicted molar refractivity (Wildman–Crippen MR) is 134 cm³/mol. The summed E-state index contributed by atoms with van der Waals surface area (Å²) in [6.07, 6.45) is 0. The third-order valence-electron chi connectivity index (χ3n) is 4.84. The summed E-state index contributed by atoms with van der Waals surface area (Å²) in [6.45, 7) is 0. The summed E-state index contributed by atoms with van der Waals surface area (Å²) in [5, 5.41) is 0. The molecule has 0 aliphatic heterocycles. The molecule has 4 rings (SSSR count). The quantitative estimate of drug-likeness (QED) is 0.174. The molecule has 0 aliphatic rings. The molecular formula is C26H18BaO8S2. The number of carbonyl (C=O) groups excluding carboxylic acids is 2. The van der Waals surface area contributed by atoms with Crippen LogP contribution in [-0.2, 0) is 20.2 Å². The van der Waals surface area contributed by atoms with Gasteiger partial charge in [-0.2, -0.15) is 0 Å². The Hall–Kier alpha value is -2.39. The SMILES string of the molecule is O=C(c1ccccc1)c1cccc(S(=O)(=O)[O-])c1.O=C(c1ccccc1)c1cccc(S(=O)(=O)[O-])c1.[Ba+2]. The molecule has 0 N–H and O–H groups in total. The van der Waals surface area contributed by atoms with E-state index >= 15 is 0 Å². The van der Waals surface area contributed by atoms with Crippen molar-refractivity contribution in [1.82, 2.24) is 0 Å². The van der Waals surface area contributed by atoms with Gasteiger partial charge >= 0.3 is 48.9 Å². The summed E-state index contributed by atoms with van der Waals surface area (Å²) in [5.74, 6) is -0.637. The number of rotatable bonds is 6. The zero-order chi connectivity index (χ0) is 26.3. The molecule has 0 fully saturated rings. The molecule has 4 aromatic carbocycles. The van der Waals surface area contributed by atoms with Crippen molar-refractivity contribution >= 4 is 80.7 Å². The van der Waals surface area contributed by atoms with Gasteiger partial charge in [0.25, 0.3) is 0 Å². The van der Waals surface area contributed by atoms with E-state index in [2.05, 4.69) is 0 Å². The van der Waals surface area contributed by atoms with Crippen molar-refractivity contribution in [3.05, 3.63) is 131 Å². The van der Waals surface area contributed by atoms with Gasteiger partial charge < -0.3 is 9.11 Å². The molecule has 0 heterocycles. The van der Waals surface area contributed by atoms with Gasteiger partial charge in [0.15, 0.2) is 11.6 Å². The maximum atomic E-state index is 12.0. The second-order valence-electron chi connectivity index (χ2n) is 7.35. The summed E-state index contributed by atoms with van der Waals surface area (Å²) < 4.78 is 65.3. The largest absolute Gasteiger partial charge is 2.00 e. The van der Waals surface area contributed by atoms with E-state index in [4.69, 9.17) is 0 Å². The van der Waals surface area contributed by atoms with E-state index in [1.807, 2.05) is 0 Å². The van der Waals surface area contributed by atoms with Gasteiger partial charge in [0.05, 0.1) is 9.79 Å². The Morgan fingerprint density at radius 1 is 0.459 bits per heavy atom. The van der Waals surface area contributed by atoms with Crippen molar-refractivity contribution in [3.63, 3.8) is 0 Å². The van der Waals surface area contributed by atoms with Crippen LogP contribution in [0.5, 0.6) is 0 Å². The summed E-state index contributed by atoms with van der Waals surface area (Å²) in [4.78, 5) is 23.3. The molecule has 37 heavy (non-hydrogen) atoms. The molecule has 0 bridgehead atoms. The first-order valence-electron chi connectivity index (χ1n) is 10.3. The smallest absolute Gasteiger partial charge is 0.744 e. The molecular weight excluding hydrogens is 642 g/mol. The first-order valence-corrected chi connectivity index (χ1v) is 13.1. The van der Waals surface area contributed by atoms with Gasteiger partial charge in [-0.25, -0.2) is 16.8 Å². The Kier molecular flexibility index (Phi) is 11.2. The zero-order valence-electron chi connectivity index (χ0n) is 19.2. The van der Waals surface area contributed by atoms with Crippen molar-refractivity contribution in [1.29, 1.82) is 0 Å². The number of hydrogen-bond acceptors (Lipinski definition) is 8. The van der Waals surface area contributed by atoms with Crippen LogP contribution < -0.4 is 0 Å². The summed E-state index contributed by atoms with van der Waals surface area (Å²) in [6, 6.07) is 27.1. The molecule has 0 amide bonds. The van der Waals surface area contributed by atoms with Crippen LogP contribution in [-0.4, -0.2) is 86.4 Å². The van der Waals surface area contributed by atoms with E-state index < -0.39 is 30.0 Å². The van der Waals surface area contributed by atoms with E-state index in [9.17, 15) is 35.5 Å². The van der Waals surface area contributed by atoms with Gasteiger partial charge in [-0.15, -0.1) is 0 Å². The van der Waals surface area contributed by atoms with Crippen LogP contribution in [0, 0.1) is 0 Å². The average Bonchev–Trinajstić information content (AvgIpc) is 2.88. The van der Waals surface area contributed by atoms with E-state index in [-0.39, 0.29) is 71.6 Å². The standard InChI is InChI=1S/2C13H10O4S.Ba/c2*14-13(10-5-2-1-3-6-10)11-7-4-8-12(9-11)18(15,16)17;/h2*1-9H,(H,15,16,17);/q;;+2/p-2. The minimum atomic E-state index is -4.54. The molecule has 0 aromatic heterocycles. The van der Waals surface area contributed by atoms with Crippen molar-refractivity contribution < 1.29 is 35.5 Å². The van der Waals surface area contributed by atoms with Gasteiger partial charge in [0.2, 0.25) is 0 Å². The van der Waals surface area contributed by atoms with Gasteiger partial charge in [-0.05, 0) is 24.3 Å². The zero-order valence-corrected chi connectivity index (χ0v) is 25.3. The minimum absolute atomic E-state index is 0. The number of carbonyl (C=O) groups is 2. The van der Waals surface area contributed by atoms with Gasteiger partial charge in [-0.3, -0.25) is 9.59 Å². The molecule has 0 unspecified atom stereocenters. The van der Waals surface area contributed by atoms with Crippen molar-refractivity contribution in [3.8, 4) is 0 Å². The Bertz CT molecular complexity index is 1480. The molecule has 0 aliphatic carbocycles. The van der Waals surface area contributed by atoms with E-state index in [1.165, 1.54) is 36.4 Å². The fraction of sp³-hybridized carbons (Fsp3) is 0. The first kappa shape index (κ1) is 30.8. The fourth-order valence-electron chi connectivity index (χ4n) is 3.10. The average molecular weight is 660 g/mol. The number of ketones is 2. The monoisotopic (exact) mass is 660 g/mol. The molecule has 0 radical (unpaired) electrons. The van der Waals surface area contributed by atoms with Crippen LogP contribution in [0.1, 0.15) is 31.8 Å². The normalized spacial score (nSPS) is 10.9. The van der Waals surface area contributed by atoms with Crippen LogP contribution in [0.2, 0.25) is 0 Å². The van der Waals surface area contributed by atoms with E-state index in [0.717, 1.165) is 12.1 Å².